The summed E-state index contributed by atoms with van der Waals surface area (Å²) >= 11 is 0. The first kappa shape index (κ1) is 18.2. The highest BCUT2D eigenvalue weighted by Crippen LogP contribution is 2.29. The fourth-order valence-electron chi connectivity index (χ4n) is 2.94. The van der Waals surface area contributed by atoms with E-state index in [1.807, 2.05) is 4.90 Å². The Balaban J connectivity index is 1.58. The van der Waals surface area contributed by atoms with Crippen molar-refractivity contribution in [3.05, 3.63) is 40.9 Å². The SMILES string of the molecule is Cc1noc(C)c1CC(=O)N1CCN(c2ccc(C(F)(F)F)cn2)CC1. The van der Waals surface area contributed by atoms with Crippen LogP contribution in [0.5, 0.6) is 0 Å². The molecule has 2 aromatic rings. The minimum absolute atomic E-state index is 0.0144. The average molecular weight is 368 g/mol. The fourth-order valence-corrected chi connectivity index (χ4v) is 2.94. The first-order valence-electron chi connectivity index (χ1n) is 8.23. The van der Waals surface area contributed by atoms with Crippen molar-refractivity contribution in [2.75, 3.05) is 31.1 Å². The number of amides is 1. The van der Waals surface area contributed by atoms with E-state index < -0.39 is 11.7 Å². The van der Waals surface area contributed by atoms with Crippen molar-refractivity contribution in [3.8, 4) is 0 Å². The minimum Gasteiger partial charge on any atom is -0.361 e. The van der Waals surface area contributed by atoms with Crippen LogP contribution in [-0.4, -0.2) is 47.1 Å². The maximum atomic E-state index is 12.6. The molecular weight excluding hydrogens is 349 g/mol. The summed E-state index contributed by atoms with van der Waals surface area (Å²) in [4.78, 5) is 20.0. The number of anilines is 1. The van der Waals surface area contributed by atoms with Crippen LogP contribution in [0.1, 0.15) is 22.6 Å². The van der Waals surface area contributed by atoms with Gasteiger partial charge in [-0.1, -0.05) is 5.16 Å². The van der Waals surface area contributed by atoms with Gasteiger partial charge in [0.2, 0.25) is 5.91 Å². The van der Waals surface area contributed by atoms with Gasteiger partial charge in [0.05, 0.1) is 17.7 Å². The highest BCUT2D eigenvalue weighted by Gasteiger charge is 2.31. The molecule has 0 aromatic carbocycles. The van der Waals surface area contributed by atoms with Crippen molar-refractivity contribution in [1.29, 1.82) is 0 Å². The van der Waals surface area contributed by atoms with Gasteiger partial charge in [-0.15, -0.1) is 0 Å². The Morgan fingerprint density at radius 1 is 1.19 bits per heavy atom. The van der Waals surface area contributed by atoms with Crippen LogP contribution >= 0.6 is 0 Å². The summed E-state index contributed by atoms with van der Waals surface area (Å²) in [6, 6.07) is 2.39. The average Bonchev–Trinajstić information content (AvgIpc) is 2.93. The zero-order chi connectivity index (χ0) is 18.9. The Bertz CT molecular complexity index is 759. The monoisotopic (exact) mass is 368 g/mol. The highest BCUT2D eigenvalue weighted by atomic mass is 19.4. The summed E-state index contributed by atoms with van der Waals surface area (Å²) in [5.41, 5.74) is 0.750. The van der Waals surface area contributed by atoms with E-state index in [4.69, 9.17) is 4.52 Å². The number of piperazine rings is 1. The number of pyridine rings is 1. The second-order valence-corrected chi connectivity index (χ2v) is 6.25. The largest absolute Gasteiger partial charge is 0.417 e. The number of rotatable bonds is 3. The van der Waals surface area contributed by atoms with Gasteiger partial charge in [-0.3, -0.25) is 4.79 Å². The molecule has 140 valence electrons. The minimum atomic E-state index is -4.39. The Hall–Kier alpha value is -2.58. The summed E-state index contributed by atoms with van der Waals surface area (Å²) in [6.07, 6.45) is -3.32. The highest BCUT2D eigenvalue weighted by molar-refractivity contribution is 5.79. The zero-order valence-electron chi connectivity index (χ0n) is 14.5. The zero-order valence-corrected chi connectivity index (χ0v) is 14.5. The lowest BCUT2D eigenvalue weighted by Crippen LogP contribution is -2.49. The standard InChI is InChI=1S/C17H19F3N4O2/c1-11-14(12(2)26-22-11)9-16(25)24-7-5-23(6-8-24)15-4-3-13(10-21-15)17(18,19)20/h3-4,10H,5-9H2,1-2H3. The predicted octanol–water partition coefficient (Wildman–Crippen LogP) is 2.60. The third kappa shape index (κ3) is 3.81. The maximum Gasteiger partial charge on any atom is 0.417 e. The van der Waals surface area contributed by atoms with Crippen LogP contribution < -0.4 is 4.90 Å². The molecule has 6 nitrogen and oxygen atoms in total. The van der Waals surface area contributed by atoms with Crippen LogP contribution in [-0.2, 0) is 17.4 Å². The molecule has 0 spiro atoms. The topological polar surface area (TPSA) is 62.5 Å². The van der Waals surface area contributed by atoms with Gasteiger partial charge >= 0.3 is 6.18 Å². The summed E-state index contributed by atoms with van der Waals surface area (Å²) in [6.45, 7) is 5.59. The van der Waals surface area contributed by atoms with Crippen molar-refractivity contribution >= 4 is 11.7 Å². The molecule has 1 fully saturated rings. The predicted molar refractivity (Wildman–Crippen MR) is 87.7 cm³/mol. The van der Waals surface area contributed by atoms with E-state index in [1.54, 1.807) is 18.7 Å². The van der Waals surface area contributed by atoms with E-state index in [1.165, 1.54) is 6.07 Å². The Kier molecular flexibility index (Phi) is 4.88. The van der Waals surface area contributed by atoms with Crippen LogP contribution in [0, 0.1) is 13.8 Å². The number of nitrogens with zero attached hydrogens (tertiary/aromatic N) is 4. The lowest BCUT2D eigenvalue weighted by Gasteiger charge is -2.35. The van der Waals surface area contributed by atoms with E-state index in [2.05, 4.69) is 10.1 Å². The molecule has 3 heterocycles. The molecule has 1 aliphatic heterocycles. The molecule has 2 aromatic heterocycles. The number of alkyl halides is 3. The number of hydrogen-bond acceptors (Lipinski definition) is 5. The van der Waals surface area contributed by atoms with Gasteiger partial charge in [0, 0.05) is 37.9 Å². The summed E-state index contributed by atoms with van der Waals surface area (Å²) in [5.74, 6) is 1.11. The second kappa shape index (κ2) is 6.97. The van der Waals surface area contributed by atoms with Gasteiger partial charge in [-0.2, -0.15) is 13.2 Å². The molecule has 1 aliphatic rings. The van der Waals surface area contributed by atoms with Gasteiger partial charge in [0.25, 0.3) is 0 Å². The molecule has 0 saturated carbocycles. The van der Waals surface area contributed by atoms with Gasteiger partial charge in [0.15, 0.2) is 0 Å². The number of hydrogen-bond donors (Lipinski definition) is 0. The second-order valence-electron chi connectivity index (χ2n) is 6.25. The number of aryl methyl sites for hydroxylation is 2. The maximum absolute atomic E-state index is 12.6. The summed E-state index contributed by atoms with van der Waals surface area (Å²) in [5, 5.41) is 3.85. The van der Waals surface area contributed by atoms with Crippen molar-refractivity contribution in [2.45, 2.75) is 26.4 Å². The van der Waals surface area contributed by atoms with Crippen LogP contribution in [0.25, 0.3) is 0 Å². The quantitative estimate of drug-likeness (QED) is 0.833. The van der Waals surface area contributed by atoms with E-state index in [9.17, 15) is 18.0 Å². The Labute approximate surface area is 148 Å². The molecule has 1 amide bonds. The normalized spacial score (nSPS) is 15.4. The summed E-state index contributed by atoms with van der Waals surface area (Å²) in [7, 11) is 0. The molecule has 1 saturated heterocycles. The third-order valence-electron chi connectivity index (χ3n) is 4.54. The Morgan fingerprint density at radius 3 is 2.38 bits per heavy atom. The molecule has 0 radical (unpaired) electrons. The van der Waals surface area contributed by atoms with Crippen molar-refractivity contribution < 1.29 is 22.5 Å². The van der Waals surface area contributed by atoms with E-state index >= 15 is 0 Å². The first-order valence-corrected chi connectivity index (χ1v) is 8.23. The van der Waals surface area contributed by atoms with Gasteiger partial charge in [0.1, 0.15) is 11.6 Å². The molecule has 3 rings (SSSR count). The fraction of sp³-hybridized carbons (Fsp3) is 0.471. The Morgan fingerprint density at radius 2 is 1.88 bits per heavy atom. The van der Waals surface area contributed by atoms with Gasteiger partial charge in [-0.05, 0) is 26.0 Å². The molecule has 0 N–H and O–H groups in total. The molecule has 0 unspecified atom stereocenters. The van der Waals surface area contributed by atoms with Crippen LogP contribution in [0.2, 0.25) is 0 Å². The van der Waals surface area contributed by atoms with Crippen molar-refractivity contribution in [3.63, 3.8) is 0 Å². The number of carbonyl (C=O) groups excluding carboxylic acids is 1. The van der Waals surface area contributed by atoms with Gasteiger partial charge in [-0.25, -0.2) is 4.98 Å². The molecule has 0 bridgehead atoms. The van der Waals surface area contributed by atoms with Crippen molar-refractivity contribution in [1.82, 2.24) is 15.0 Å². The number of carbonyl (C=O) groups is 1. The van der Waals surface area contributed by atoms with Crippen LogP contribution in [0.3, 0.4) is 0 Å². The summed E-state index contributed by atoms with van der Waals surface area (Å²) < 4.78 is 42.9. The van der Waals surface area contributed by atoms with E-state index in [-0.39, 0.29) is 12.3 Å². The lowest BCUT2D eigenvalue weighted by molar-refractivity contribution is -0.137. The molecule has 0 atom stereocenters. The van der Waals surface area contributed by atoms with Gasteiger partial charge < -0.3 is 14.3 Å². The molecule has 26 heavy (non-hydrogen) atoms. The van der Waals surface area contributed by atoms with Crippen LogP contribution in [0.4, 0.5) is 19.0 Å². The first-order chi connectivity index (χ1) is 12.3. The van der Waals surface area contributed by atoms with Crippen molar-refractivity contribution in [2.24, 2.45) is 0 Å². The van der Waals surface area contributed by atoms with E-state index in [0.717, 1.165) is 17.8 Å². The lowest BCUT2D eigenvalue weighted by atomic mass is 10.1. The number of halogens is 3. The van der Waals surface area contributed by atoms with E-state index in [0.29, 0.717) is 43.5 Å². The molecule has 9 heteroatoms. The number of aromatic nitrogens is 2. The molecular formula is C17H19F3N4O2. The third-order valence-corrected chi connectivity index (χ3v) is 4.54. The smallest absolute Gasteiger partial charge is 0.361 e. The molecule has 0 aliphatic carbocycles. The van der Waals surface area contributed by atoms with Crippen LogP contribution in [0.15, 0.2) is 22.9 Å².